The zero-order chi connectivity index (χ0) is 11.8. The van der Waals surface area contributed by atoms with Gasteiger partial charge in [-0.15, -0.1) is 0 Å². The molecule has 0 spiro atoms. The van der Waals surface area contributed by atoms with Crippen LogP contribution >= 0.6 is 15.9 Å². The minimum atomic E-state index is -0.179. The van der Waals surface area contributed by atoms with Crippen molar-refractivity contribution in [2.75, 3.05) is 5.32 Å². The summed E-state index contributed by atoms with van der Waals surface area (Å²) in [5.74, 6) is -0.179. The third-order valence-electron chi connectivity index (χ3n) is 3.08. The predicted octanol–water partition coefficient (Wildman–Crippen LogP) is 4.30. The summed E-state index contributed by atoms with van der Waals surface area (Å²) < 4.78 is 14.2. The highest BCUT2D eigenvalue weighted by atomic mass is 79.9. The third kappa shape index (κ3) is 2.07. The molecule has 1 unspecified atom stereocenters. The summed E-state index contributed by atoms with van der Waals surface area (Å²) in [5, 5.41) is 3.42. The van der Waals surface area contributed by atoms with Gasteiger partial charge >= 0.3 is 0 Å². The van der Waals surface area contributed by atoms with Crippen LogP contribution in [-0.2, 0) is 6.42 Å². The molecule has 2 aromatic carbocycles. The summed E-state index contributed by atoms with van der Waals surface area (Å²) in [6, 6.07) is 13.2. The van der Waals surface area contributed by atoms with Crippen LogP contribution in [0, 0.1) is 5.82 Å². The van der Waals surface area contributed by atoms with E-state index in [0.29, 0.717) is 0 Å². The topological polar surface area (TPSA) is 12.0 Å². The fraction of sp³-hybridized carbons (Fsp3) is 0.143. The van der Waals surface area contributed by atoms with Crippen molar-refractivity contribution in [3.05, 3.63) is 63.9 Å². The first-order valence-corrected chi connectivity index (χ1v) is 6.32. The number of benzene rings is 2. The number of anilines is 1. The Bertz CT molecular complexity index is 568. The number of hydrogen-bond acceptors (Lipinski definition) is 1. The van der Waals surface area contributed by atoms with Crippen LogP contribution < -0.4 is 5.32 Å². The summed E-state index contributed by atoms with van der Waals surface area (Å²) in [5.41, 5.74) is 3.41. The molecular formula is C14H11BrFN. The van der Waals surface area contributed by atoms with E-state index < -0.39 is 0 Å². The van der Waals surface area contributed by atoms with Crippen LogP contribution in [0.5, 0.6) is 0 Å². The van der Waals surface area contributed by atoms with Gasteiger partial charge in [0, 0.05) is 10.2 Å². The predicted molar refractivity (Wildman–Crippen MR) is 70.6 cm³/mol. The van der Waals surface area contributed by atoms with Crippen LogP contribution in [0.1, 0.15) is 17.2 Å². The molecule has 0 saturated carbocycles. The molecule has 0 fully saturated rings. The first-order chi connectivity index (χ1) is 8.22. The van der Waals surface area contributed by atoms with Gasteiger partial charge < -0.3 is 5.32 Å². The van der Waals surface area contributed by atoms with Gasteiger partial charge in [0.1, 0.15) is 5.82 Å². The van der Waals surface area contributed by atoms with Crippen LogP contribution in [0.15, 0.2) is 46.9 Å². The van der Waals surface area contributed by atoms with Crippen molar-refractivity contribution < 1.29 is 4.39 Å². The minimum absolute atomic E-state index is 0.176. The number of halogens is 2. The second-order valence-electron chi connectivity index (χ2n) is 4.26. The van der Waals surface area contributed by atoms with Crippen LogP contribution in [-0.4, -0.2) is 0 Å². The number of rotatable bonds is 1. The van der Waals surface area contributed by atoms with E-state index in [1.165, 1.54) is 11.6 Å². The van der Waals surface area contributed by atoms with Crippen molar-refractivity contribution in [3.8, 4) is 0 Å². The molecule has 0 saturated heterocycles. The van der Waals surface area contributed by atoms with Gasteiger partial charge in [-0.1, -0.05) is 34.1 Å². The summed E-state index contributed by atoms with van der Waals surface area (Å²) in [4.78, 5) is 0. The van der Waals surface area contributed by atoms with E-state index in [1.807, 2.05) is 12.1 Å². The van der Waals surface area contributed by atoms with Gasteiger partial charge in [-0.05, 0) is 41.8 Å². The van der Waals surface area contributed by atoms with E-state index in [1.54, 1.807) is 12.1 Å². The van der Waals surface area contributed by atoms with Crippen molar-refractivity contribution in [2.45, 2.75) is 12.5 Å². The van der Waals surface area contributed by atoms with Crippen molar-refractivity contribution in [2.24, 2.45) is 0 Å². The Balaban J connectivity index is 1.91. The molecule has 1 heterocycles. The molecule has 3 heteroatoms. The lowest BCUT2D eigenvalue weighted by Crippen LogP contribution is -2.05. The molecule has 0 radical (unpaired) electrons. The molecule has 3 rings (SSSR count). The van der Waals surface area contributed by atoms with E-state index in [9.17, 15) is 4.39 Å². The summed E-state index contributed by atoms with van der Waals surface area (Å²) in [7, 11) is 0. The van der Waals surface area contributed by atoms with E-state index in [0.717, 1.165) is 22.1 Å². The Morgan fingerprint density at radius 2 is 2.06 bits per heavy atom. The second kappa shape index (κ2) is 4.15. The van der Waals surface area contributed by atoms with Crippen molar-refractivity contribution in [3.63, 3.8) is 0 Å². The van der Waals surface area contributed by atoms with Gasteiger partial charge in [-0.25, -0.2) is 4.39 Å². The highest BCUT2D eigenvalue weighted by Gasteiger charge is 2.22. The highest BCUT2D eigenvalue weighted by molar-refractivity contribution is 9.10. The van der Waals surface area contributed by atoms with Gasteiger partial charge in [0.15, 0.2) is 0 Å². The number of fused-ring (bicyclic) bond motifs is 1. The summed E-state index contributed by atoms with van der Waals surface area (Å²) in [6.07, 6.45) is 0.909. The Kier molecular flexibility index (Phi) is 2.63. The molecule has 1 N–H and O–H groups in total. The zero-order valence-electron chi connectivity index (χ0n) is 9.08. The molecular weight excluding hydrogens is 281 g/mol. The van der Waals surface area contributed by atoms with Crippen molar-refractivity contribution >= 4 is 21.6 Å². The first kappa shape index (κ1) is 10.8. The minimum Gasteiger partial charge on any atom is -0.378 e. The smallest absolute Gasteiger partial charge is 0.123 e. The Morgan fingerprint density at radius 3 is 2.88 bits per heavy atom. The van der Waals surface area contributed by atoms with Crippen LogP contribution in [0.2, 0.25) is 0 Å². The number of hydrogen-bond donors (Lipinski definition) is 1. The fourth-order valence-electron chi connectivity index (χ4n) is 2.24. The van der Waals surface area contributed by atoms with Gasteiger partial charge in [-0.3, -0.25) is 0 Å². The fourth-order valence-corrected chi connectivity index (χ4v) is 2.61. The molecule has 1 atom stereocenters. The van der Waals surface area contributed by atoms with Crippen molar-refractivity contribution in [1.82, 2.24) is 0 Å². The van der Waals surface area contributed by atoms with Crippen molar-refractivity contribution in [1.29, 1.82) is 0 Å². The number of nitrogens with one attached hydrogen (secondary N) is 1. The Labute approximate surface area is 108 Å². The molecule has 0 aliphatic carbocycles. The normalized spacial score (nSPS) is 17.6. The maximum Gasteiger partial charge on any atom is 0.123 e. The quantitative estimate of drug-likeness (QED) is 0.826. The third-order valence-corrected chi connectivity index (χ3v) is 3.57. The van der Waals surface area contributed by atoms with E-state index in [-0.39, 0.29) is 11.9 Å². The Morgan fingerprint density at radius 1 is 1.18 bits per heavy atom. The monoisotopic (exact) mass is 291 g/mol. The largest absolute Gasteiger partial charge is 0.378 e. The summed E-state index contributed by atoms with van der Waals surface area (Å²) in [6.45, 7) is 0. The molecule has 2 aromatic rings. The molecule has 0 bridgehead atoms. The van der Waals surface area contributed by atoms with Crippen LogP contribution in [0.4, 0.5) is 10.1 Å². The highest BCUT2D eigenvalue weighted by Crippen LogP contribution is 2.35. The SMILES string of the molecule is Fc1cccc(C2Cc3ccc(Br)cc3N2)c1. The average Bonchev–Trinajstić information content (AvgIpc) is 2.72. The molecule has 86 valence electrons. The maximum absolute atomic E-state index is 13.2. The standard InChI is InChI=1S/C14H11BrFN/c15-11-5-4-10-7-13(17-14(10)8-11)9-2-1-3-12(16)6-9/h1-6,8,13,17H,7H2. The zero-order valence-corrected chi connectivity index (χ0v) is 10.7. The van der Waals surface area contributed by atoms with Gasteiger partial charge in [0.05, 0.1) is 6.04 Å². The average molecular weight is 292 g/mol. The van der Waals surface area contributed by atoms with Gasteiger partial charge in [0.2, 0.25) is 0 Å². The Hall–Kier alpha value is -1.35. The van der Waals surface area contributed by atoms with E-state index in [4.69, 9.17) is 0 Å². The lowest BCUT2D eigenvalue weighted by atomic mass is 10.0. The van der Waals surface area contributed by atoms with E-state index in [2.05, 4.69) is 33.4 Å². The maximum atomic E-state index is 13.2. The first-order valence-electron chi connectivity index (χ1n) is 5.53. The molecule has 1 aliphatic heterocycles. The molecule has 1 nitrogen and oxygen atoms in total. The second-order valence-corrected chi connectivity index (χ2v) is 5.17. The van der Waals surface area contributed by atoms with Gasteiger partial charge in [0.25, 0.3) is 0 Å². The molecule has 1 aliphatic rings. The lowest BCUT2D eigenvalue weighted by Gasteiger charge is -2.11. The van der Waals surface area contributed by atoms with Crippen LogP contribution in [0.3, 0.4) is 0 Å². The van der Waals surface area contributed by atoms with Gasteiger partial charge in [-0.2, -0.15) is 0 Å². The molecule has 0 aromatic heterocycles. The molecule has 17 heavy (non-hydrogen) atoms. The summed E-state index contributed by atoms with van der Waals surface area (Å²) >= 11 is 3.45. The lowest BCUT2D eigenvalue weighted by molar-refractivity contribution is 0.623. The van der Waals surface area contributed by atoms with Crippen LogP contribution in [0.25, 0.3) is 0 Å². The van der Waals surface area contributed by atoms with E-state index >= 15 is 0 Å². The molecule has 0 amide bonds.